The Bertz CT molecular complexity index is 165. The number of hydrogen-bond acceptors (Lipinski definition) is 1. The van der Waals surface area contributed by atoms with Gasteiger partial charge in [0.1, 0.15) is 0 Å². The van der Waals surface area contributed by atoms with Crippen molar-refractivity contribution in [3.8, 4) is 0 Å². The highest BCUT2D eigenvalue weighted by molar-refractivity contribution is 9.10. The molecule has 0 aromatic rings. The van der Waals surface area contributed by atoms with E-state index in [0.717, 1.165) is 0 Å². The summed E-state index contributed by atoms with van der Waals surface area (Å²) in [6.45, 7) is 0. The van der Waals surface area contributed by atoms with Gasteiger partial charge in [-0.25, -0.2) is 0 Å². The van der Waals surface area contributed by atoms with Crippen LogP contribution in [0.5, 0.6) is 0 Å². The Morgan fingerprint density at radius 1 is 1.20 bits per heavy atom. The molecule has 1 unspecified atom stereocenters. The van der Waals surface area contributed by atoms with E-state index in [2.05, 4.69) is 4.74 Å². The van der Waals surface area contributed by atoms with Crippen molar-refractivity contribution in [2.75, 3.05) is 0 Å². The third kappa shape index (κ3) is 0.833. The lowest BCUT2D eigenvalue weighted by atomic mass is 10.4. The van der Waals surface area contributed by atoms with Gasteiger partial charge in [-0.15, -0.1) is 0 Å². The fourth-order valence-corrected chi connectivity index (χ4v) is 0.577. The first kappa shape index (κ1) is 8.19. The first-order chi connectivity index (χ1) is 4.21. The molecular formula is C3BrF5O. The molecule has 7 heteroatoms. The van der Waals surface area contributed by atoms with Crippen LogP contribution in [0.15, 0.2) is 0 Å². The number of epoxide rings is 1. The number of alkyl halides is 6. The van der Waals surface area contributed by atoms with Crippen LogP contribution in [-0.2, 0) is 4.74 Å². The van der Waals surface area contributed by atoms with Crippen LogP contribution in [0.2, 0.25) is 0 Å². The lowest BCUT2D eigenvalue weighted by Crippen LogP contribution is -2.30. The number of halogens is 6. The van der Waals surface area contributed by atoms with Crippen LogP contribution < -0.4 is 0 Å². The molecule has 10 heavy (non-hydrogen) atoms. The molecule has 0 spiro atoms. The molecule has 1 saturated heterocycles. The van der Waals surface area contributed by atoms with E-state index < -0.39 is 16.8 Å². The molecule has 1 fully saturated rings. The first-order valence-corrected chi connectivity index (χ1v) is 2.84. The van der Waals surface area contributed by atoms with Gasteiger partial charge in [-0.2, -0.15) is 22.0 Å². The SMILES string of the molecule is FC(F)(F)C1(Br)OC1(F)F. The van der Waals surface area contributed by atoms with E-state index in [-0.39, 0.29) is 0 Å². The van der Waals surface area contributed by atoms with E-state index >= 15 is 0 Å². The fourth-order valence-electron chi connectivity index (χ4n) is 0.374. The predicted molar refractivity (Wildman–Crippen MR) is 23.7 cm³/mol. The minimum absolute atomic E-state index is 1.73. The summed E-state index contributed by atoms with van der Waals surface area (Å²) in [5, 5.41) is 0. The number of rotatable bonds is 0. The van der Waals surface area contributed by atoms with Crippen LogP contribution in [0, 0.1) is 0 Å². The van der Waals surface area contributed by atoms with Gasteiger partial charge in [0.05, 0.1) is 0 Å². The summed E-state index contributed by atoms with van der Waals surface area (Å²) < 4.78 is 57.5. The molecule has 0 radical (unpaired) electrons. The standard InChI is InChI=1S/C3BrF5O/c4-1(2(5,6)7)3(8,9)10-1. The molecule has 60 valence electrons. The van der Waals surface area contributed by atoms with Crippen LogP contribution in [0.3, 0.4) is 0 Å². The van der Waals surface area contributed by atoms with Crippen molar-refractivity contribution in [3.63, 3.8) is 0 Å². The van der Waals surface area contributed by atoms with Gasteiger partial charge in [0.15, 0.2) is 0 Å². The van der Waals surface area contributed by atoms with E-state index in [1.54, 1.807) is 15.9 Å². The van der Waals surface area contributed by atoms with Gasteiger partial charge in [0, 0.05) is 0 Å². The van der Waals surface area contributed by atoms with Gasteiger partial charge in [-0.05, 0) is 15.9 Å². The van der Waals surface area contributed by atoms with Gasteiger partial charge >= 0.3 is 16.8 Å². The van der Waals surface area contributed by atoms with Crippen molar-refractivity contribution in [1.82, 2.24) is 0 Å². The Labute approximate surface area is 60.3 Å². The normalized spacial score (nSPS) is 37.8. The van der Waals surface area contributed by atoms with E-state index in [9.17, 15) is 22.0 Å². The van der Waals surface area contributed by atoms with Gasteiger partial charge in [0.25, 0.3) is 0 Å². The van der Waals surface area contributed by atoms with Crippen molar-refractivity contribution in [2.45, 2.75) is 16.8 Å². The summed E-state index contributed by atoms with van der Waals surface area (Å²) in [7, 11) is 0. The Balaban J connectivity index is 2.78. The van der Waals surface area contributed by atoms with Crippen LogP contribution >= 0.6 is 15.9 Å². The number of ether oxygens (including phenoxy) is 1. The highest BCUT2D eigenvalue weighted by Crippen LogP contribution is 2.63. The fraction of sp³-hybridized carbons (Fsp3) is 1.00. The summed E-state index contributed by atoms with van der Waals surface area (Å²) in [6, 6.07) is 0. The van der Waals surface area contributed by atoms with Gasteiger partial charge in [0.2, 0.25) is 0 Å². The third-order valence-corrected chi connectivity index (χ3v) is 2.04. The molecule has 1 heterocycles. The van der Waals surface area contributed by atoms with Crippen molar-refractivity contribution >= 4 is 15.9 Å². The minimum Gasteiger partial charge on any atom is -0.281 e. The largest absolute Gasteiger partial charge is 0.436 e. The van der Waals surface area contributed by atoms with Crippen molar-refractivity contribution in [2.24, 2.45) is 0 Å². The Morgan fingerprint density at radius 2 is 1.50 bits per heavy atom. The molecule has 1 aliphatic rings. The second-order valence-electron chi connectivity index (χ2n) is 1.71. The highest BCUT2D eigenvalue weighted by Gasteiger charge is 2.86. The van der Waals surface area contributed by atoms with Gasteiger partial charge in [-0.1, -0.05) is 0 Å². The third-order valence-electron chi connectivity index (χ3n) is 0.966. The van der Waals surface area contributed by atoms with Crippen LogP contribution in [0.1, 0.15) is 0 Å². The summed E-state index contributed by atoms with van der Waals surface area (Å²) in [5.41, 5.74) is 0. The van der Waals surface area contributed by atoms with Crippen molar-refractivity contribution in [1.29, 1.82) is 0 Å². The molecule has 0 N–H and O–H groups in total. The summed E-state index contributed by atoms with van der Waals surface area (Å²) >= 11 is 1.73. The average molecular weight is 227 g/mol. The maximum Gasteiger partial charge on any atom is 0.436 e. The van der Waals surface area contributed by atoms with E-state index in [1.165, 1.54) is 0 Å². The average Bonchev–Trinajstić information content (AvgIpc) is 2.05. The molecular weight excluding hydrogens is 227 g/mol. The van der Waals surface area contributed by atoms with Crippen molar-refractivity contribution < 1.29 is 26.7 Å². The Morgan fingerprint density at radius 3 is 1.50 bits per heavy atom. The first-order valence-electron chi connectivity index (χ1n) is 2.04. The molecule has 1 aliphatic heterocycles. The molecule has 0 saturated carbocycles. The van der Waals surface area contributed by atoms with Gasteiger partial charge in [-0.3, -0.25) is 4.74 Å². The van der Waals surface area contributed by atoms with Crippen molar-refractivity contribution in [3.05, 3.63) is 0 Å². The minimum atomic E-state index is -5.07. The molecule has 0 bridgehead atoms. The van der Waals surface area contributed by atoms with E-state index in [1.807, 2.05) is 0 Å². The summed E-state index contributed by atoms with van der Waals surface area (Å²) in [4.78, 5) is 0. The van der Waals surface area contributed by atoms with E-state index in [4.69, 9.17) is 0 Å². The summed E-state index contributed by atoms with van der Waals surface area (Å²) in [5.74, 6) is 0. The maximum absolute atomic E-state index is 11.7. The molecule has 0 amide bonds. The van der Waals surface area contributed by atoms with Crippen LogP contribution in [0.25, 0.3) is 0 Å². The predicted octanol–water partition coefficient (Wildman–Crippen LogP) is 2.26. The second-order valence-corrected chi connectivity index (χ2v) is 2.83. The lowest BCUT2D eigenvalue weighted by Gasteiger charge is -2.06. The van der Waals surface area contributed by atoms with E-state index in [0.29, 0.717) is 0 Å². The molecule has 0 aromatic heterocycles. The number of hydrogen-bond donors (Lipinski definition) is 0. The second kappa shape index (κ2) is 1.63. The smallest absolute Gasteiger partial charge is 0.281 e. The Hall–Kier alpha value is 0.0900. The molecule has 0 aliphatic carbocycles. The van der Waals surface area contributed by atoms with Gasteiger partial charge < -0.3 is 0 Å². The lowest BCUT2D eigenvalue weighted by molar-refractivity contribution is -0.158. The zero-order valence-corrected chi connectivity index (χ0v) is 5.76. The zero-order valence-electron chi connectivity index (χ0n) is 4.18. The Kier molecular flexibility index (Phi) is 1.34. The van der Waals surface area contributed by atoms with Crippen LogP contribution in [0.4, 0.5) is 22.0 Å². The molecule has 1 nitrogen and oxygen atoms in total. The topological polar surface area (TPSA) is 12.5 Å². The monoisotopic (exact) mass is 226 g/mol. The van der Waals surface area contributed by atoms with Crippen LogP contribution in [-0.4, -0.2) is 16.8 Å². The quantitative estimate of drug-likeness (QED) is 0.351. The molecule has 1 rings (SSSR count). The molecule has 1 atom stereocenters. The highest BCUT2D eigenvalue weighted by atomic mass is 79.9. The zero-order chi connectivity index (χ0) is 8.21. The maximum atomic E-state index is 11.7. The summed E-state index contributed by atoms with van der Waals surface area (Å²) in [6.07, 6.45) is -9.19. The molecule has 0 aromatic carbocycles.